The first-order valence-electron chi connectivity index (χ1n) is 10.9. The number of imidazole rings is 1. The molecular formula is C25H23F2N5O. The molecule has 168 valence electrons. The van der Waals surface area contributed by atoms with Crippen molar-refractivity contribution in [1.82, 2.24) is 24.6 Å². The van der Waals surface area contributed by atoms with Crippen molar-refractivity contribution in [3.8, 4) is 11.4 Å². The van der Waals surface area contributed by atoms with Crippen LogP contribution in [0.3, 0.4) is 0 Å². The van der Waals surface area contributed by atoms with Gasteiger partial charge < -0.3 is 9.88 Å². The second-order valence-electron chi connectivity index (χ2n) is 8.18. The van der Waals surface area contributed by atoms with Crippen LogP contribution in [0.15, 0.2) is 54.9 Å². The maximum atomic E-state index is 14.7. The summed E-state index contributed by atoms with van der Waals surface area (Å²) >= 11 is 0. The highest BCUT2D eigenvalue weighted by Gasteiger charge is 2.25. The standard InChI is InChI=1S/C25H23F2N5O/c1-16-28-12-13-31(16)23-11-6-17(14-21(23)27)15-29-25(33)24-20-4-2-3-5-22(20)32(30-24)19-9-7-18(26)8-10-19/h6-14H,2-5,15H2,1H3,(H,29,33). The van der Waals surface area contributed by atoms with Gasteiger partial charge in [-0.2, -0.15) is 5.10 Å². The van der Waals surface area contributed by atoms with E-state index in [4.69, 9.17) is 0 Å². The van der Waals surface area contributed by atoms with E-state index in [1.54, 1.807) is 52.8 Å². The van der Waals surface area contributed by atoms with Crippen LogP contribution in [0.2, 0.25) is 0 Å². The Labute approximate surface area is 189 Å². The number of halogens is 2. The summed E-state index contributed by atoms with van der Waals surface area (Å²) in [5.74, 6) is -0.319. The van der Waals surface area contributed by atoms with Gasteiger partial charge in [0, 0.05) is 30.2 Å². The van der Waals surface area contributed by atoms with Gasteiger partial charge in [0.25, 0.3) is 5.91 Å². The number of carbonyl (C=O) groups is 1. The van der Waals surface area contributed by atoms with Crippen molar-refractivity contribution in [2.45, 2.75) is 39.2 Å². The molecule has 2 aromatic heterocycles. The predicted octanol–water partition coefficient (Wildman–Crippen LogP) is 4.45. The smallest absolute Gasteiger partial charge is 0.272 e. The normalized spacial score (nSPS) is 13.1. The molecule has 1 aliphatic carbocycles. The number of nitrogens with one attached hydrogen (secondary N) is 1. The van der Waals surface area contributed by atoms with Crippen molar-refractivity contribution in [1.29, 1.82) is 0 Å². The van der Waals surface area contributed by atoms with Crippen molar-refractivity contribution in [3.05, 3.63) is 94.8 Å². The third kappa shape index (κ3) is 4.04. The molecule has 1 N–H and O–H groups in total. The molecule has 2 heterocycles. The van der Waals surface area contributed by atoms with E-state index in [2.05, 4.69) is 15.4 Å². The molecule has 0 saturated carbocycles. The van der Waals surface area contributed by atoms with Crippen LogP contribution in [0.1, 0.15) is 46.0 Å². The van der Waals surface area contributed by atoms with Gasteiger partial charge >= 0.3 is 0 Å². The average molecular weight is 447 g/mol. The molecule has 5 rings (SSSR count). The van der Waals surface area contributed by atoms with E-state index in [1.165, 1.54) is 18.2 Å². The Bertz CT molecular complexity index is 1320. The summed E-state index contributed by atoms with van der Waals surface area (Å²) in [5, 5.41) is 7.45. The van der Waals surface area contributed by atoms with Crippen LogP contribution in [-0.2, 0) is 19.4 Å². The Balaban J connectivity index is 1.37. The van der Waals surface area contributed by atoms with Crippen LogP contribution in [0.25, 0.3) is 11.4 Å². The van der Waals surface area contributed by atoms with E-state index in [1.807, 2.05) is 0 Å². The Morgan fingerprint density at radius 1 is 1.09 bits per heavy atom. The maximum absolute atomic E-state index is 14.7. The molecule has 0 aliphatic heterocycles. The minimum absolute atomic E-state index is 0.178. The van der Waals surface area contributed by atoms with E-state index in [9.17, 15) is 13.6 Å². The molecule has 1 amide bonds. The number of carbonyl (C=O) groups excluding carboxylic acids is 1. The largest absolute Gasteiger partial charge is 0.347 e. The van der Waals surface area contributed by atoms with Gasteiger partial charge in [-0.15, -0.1) is 0 Å². The lowest BCUT2D eigenvalue weighted by Gasteiger charge is -2.14. The molecular weight excluding hydrogens is 424 g/mol. The van der Waals surface area contributed by atoms with Gasteiger partial charge in [0.1, 0.15) is 17.5 Å². The molecule has 0 bridgehead atoms. The summed E-state index contributed by atoms with van der Waals surface area (Å²) in [6.45, 7) is 1.98. The minimum atomic E-state index is -0.388. The fourth-order valence-corrected chi connectivity index (χ4v) is 4.33. The Morgan fingerprint density at radius 3 is 2.61 bits per heavy atom. The van der Waals surface area contributed by atoms with Crippen molar-refractivity contribution in [2.75, 3.05) is 0 Å². The van der Waals surface area contributed by atoms with Gasteiger partial charge in [0.15, 0.2) is 5.69 Å². The van der Waals surface area contributed by atoms with Gasteiger partial charge in [-0.25, -0.2) is 18.4 Å². The molecule has 0 unspecified atom stereocenters. The van der Waals surface area contributed by atoms with Gasteiger partial charge in [-0.1, -0.05) is 6.07 Å². The highest BCUT2D eigenvalue weighted by atomic mass is 19.1. The lowest BCUT2D eigenvalue weighted by Crippen LogP contribution is -2.25. The SMILES string of the molecule is Cc1nccn1-c1ccc(CNC(=O)c2nn(-c3ccc(F)cc3)c3c2CCCC3)cc1F. The van der Waals surface area contributed by atoms with E-state index in [-0.39, 0.29) is 24.1 Å². The molecule has 2 aromatic carbocycles. The molecule has 1 aliphatic rings. The van der Waals surface area contributed by atoms with Gasteiger partial charge in [0.2, 0.25) is 0 Å². The summed E-state index contributed by atoms with van der Waals surface area (Å²) in [6, 6.07) is 11.0. The second-order valence-corrected chi connectivity index (χ2v) is 8.18. The lowest BCUT2D eigenvalue weighted by atomic mass is 9.95. The fourth-order valence-electron chi connectivity index (χ4n) is 4.33. The highest BCUT2D eigenvalue weighted by Crippen LogP contribution is 2.27. The first-order chi connectivity index (χ1) is 16.0. The predicted molar refractivity (Wildman–Crippen MR) is 120 cm³/mol. The van der Waals surface area contributed by atoms with Crippen LogP contribution in [0, 0.1) is 18.6 Å². The van der Waals surface area contributed by atoms with Crippen LogP contribution in [0.4, 0.5) is 8.78 Å². The number of aryl methyl sites for hydroxylation is 1. The van der Waals surface area contributed by atoms with Crippen molar-refractivity contribution >= 4 is 5.91 Å². The van der Waals surface area contributed by atoms with Gasteiger partial charge in [0.05, 0.1) is 11.4 Å². The zero-order chi connectivity index (χ0) is 22.9. The quantitative estimate of drug-likeness (QED) is 0.492. The van der Waals surface area contributed by atoms with Crippen LogP contribution < -0.4 is 5.32 Å². The van der Waals surface area contributed by atoms with Crippen molar-refractivity contribution < 1.29 is 13.6 Å². The Morgan fingerprint density at radius 2 is 1.88 bits per heavy atom. The fraction of sp³-hybridized carbons (Fsp3) is 0.240. The lowest BCUT2D eigenvalue weighted by molar-refractivity contribution is 0.0944. The maximum Gasteiger partial charge on any atom is 0.272 e. The number of hydrogen-bond acceptors (Lipinski definition) is 3. The van der Waals surface area contributed by atoms with Crippen LogP contribution >= 0.6 is 0 Å². The zero-order valence-corrected chi connectivity index (χ0v) is 18.2. The highest BCUT2D eigenvalue weighted by molar-refractivity contribution is 5.94. The van der Waals surface area contributed by atoms with E-state index < -0.39 is 0 Å². The average Bonchev–Trinajstić information content (AvgIpc) is 3.42. The summed E-state index contributed by atoms with van der Waals surface area (Å²) < 4.78 is 31.5. The molecule has 0 atom stereocenters. The second kappa shape index (κ2) is 8.61. The van der Waals surface area contributed by atoms with Gasteiger partial charge in [-0.3, -0.25) is 4.79 Å². The molecule has 0 radical (unpaired) electrons. The third-order valence-electron chi connectivity index (χ3n) is 6.02. The van der Waals surface area contributed by atoms with E-state index in [0.717, 1.165) is 42.6 Å². The Kier molecular flexibility index (Phi) is 5.50. The molecule has 4 aromatic rings. The zero-order valence-electron chi connectivity index (χ0n) is 18.2. The summed E-state index contributed by atoms with van der Waals surface area (Å²) in [4.78, 5) is 17.1. The molecule has 8 heteroatoms. The first-order valence-corrected chi connectivity index (χ1v) is 10.9. The van der Waals surface area contributed by atoms with Gasteiger partial charge in [-0.05, 0) is 74.6 Å². The monoisotopic (exact) mass is 447 g/mol. The van der Waals surface area contributed by atoms with Crippen molar-refractivity contribution in [2.24, 2.45) is 0 Å². The molecule has 0 saturated heterocycles. The van der Waals surface area contributed by atoms with Crippen LogP contribution in [-0.4, -0.2) is 25.2 Å². The summed E-state index contributed by atoms with van der Waals surface area (Å²) in [6.07, 6.45) is 6.91. The minimum Gasteiger partial charge on any atom is -0.347 e. The molecule has 33 heavy (non-hydrogen) atoms. The molecule has 0 spiro atoms. The number of nitrogens with zero attached hydrogens (tertiary/aromatic N) is 4. The number of benzene rings is 2. The van der Waals surface area contributed by atoms with E-state index >= 15 is 0 Å². The van der Waals surface area contributed by atoms with Crippen molar-refractivity contribution in [3.63, 3.8) is 0 Å². The molecule has 6 nitrogen and oxygen atoms in total. The number of fused-ring (bicyclic) bond motifs is 1. The van der Waals surface area contributed by atoms with Crippen LogP contribution in [0.5, 0.6) is 0 Å². The molecule has 0 fully saturated rings. The topological polar surface area (TPSA) is 64.7 Å². The number of aromatic nitrogens is 4. The Hall–Kier alpha value is -3.81. The first kappa shape index (κ1) is 21.1. The summed E-state index contributed by atoms with van der Waals surface area (Å²) in [7, 11) is 0. The summed E-state index contributed by atoms with van der Waals surface area (Å²) in [5.41, 5.74) is 4.08. The third-order valence-corrected chi connectivity index (χ3v) is 6.02. The van der Waals surface area contributed by atoms with E-state index in [0.29, 0.717) is 22.8 Å². The number of amides is 1. The number of hydrogen-bond donors (Lipinski definition) is 1. The number of rotatable bonds is 5.